The molecule has 1 aromatic rings. The molecule has 37 heavy (non-hydrogen) atoms. The molecule has 5 aliphatic rings. The summed E-state index contributed by atoms with van der Waals surface area (Å²) in [5, 5.41) is 11.6. The molecule has 196 valence electrons. The summed E-state index contributed by atoms with van der Waals surface area (Å²) < 4.78 is 30.5. The van der Waals surface area contributed by atoms with Crippen LogP contribution in [0.25, 0.3) is 0 Å². The summed E-state index contributed by atoms with van der Waals surface area (Å²) in [5.41, 5.74) is 3.11. The topological polar surface area (TPSA) is 37.3 Å². The van der Waals surface area contributed by atoms with Crippen LogP contribution in [0, 0.1) is 29.6 Å². The average molecular weight is 505 g/mol. The van der Waals surface area contributed by atoms with Crippen molar-refractivity contribution in [2.45, 2.75) is 107 Å². The lowest BCUT2D eigenvalue weighted by molar-refractivity contribution is -0.209. The van der Waals surface area contributed by atoms with Crippen molar-refractivity contribution < 1.29 is 18.7 Å². The Hall–Kier alpha value is -2.25. The van der Waals surface area contributed by atoms with E-state index in [2.05, 4.69) is 24.3 Å². The number of halogens is 2. The van der Waals surface area contributed by atoms with E-state index in [0.717, 1.165) is 30.4 Å². The maximum atomic E-state index is 15.2. The zero-order valence-corrected chi connectivity index (χ0v) is 21.9. The average Bonchev–Trinajstić information content (AvgIpc) is 3.20. The van der Waals surface area contributed by atoms with Gasteiger partial charge in [-0.25, -0.2) is 0 Å². The highest BCUT2D eigenvalue weighted by molar-refractivity contribution is 5.93. The minimum atomic E-state index is -3.58. The summed E-state index contributed by atoms with van der Waals surface area (Å²) in [6.07, 6.45) is 17.4. The van der Waals surface area contributed by atoms with Crippen molar-refractivity contribution in [3.8, 4) is 12.3 Å². The van der Waals surface area contributed by atoms with E-state index in [4.69, 9.17) is 6.42 Å². The third-order valence-electron chi connectivity index (χ3n) is 11.0. The van der Waals surface area contributed by atoms with Gasteiger partial charge in [0.1, 0.15) is 5.60 Å². The van der Waals surface area contributed by atoms with E-state index in [-0.39, 0.29) is 30.0 Å². The molecule has 1 aromatic carbocycles. The van der Waals surface area contributed by atoms with Gasteiger partial charge in [-0.05, 0) is 103 Å². The number of rotatable bonds is 3. The van der Waals surface area contributed by atoms with Crippen LogP contribution >= 0.6 is 0 Å². The van der Waals surface area contributed by atoms with Crippen LogP contribution in [0.2, 0.25) is 0 Å². The number of aliphatic hydroxyl groups is 1. The first-order valence-corrected chi connectivity index (χ1v) is 14.3. The maximum absolute atomic E-state index is 15.2. The molecule has 5 atom stereocenters. The van der Waals surface area contributed by atoms with E-state index in [1.165, 1.54) is 48.8 Å². The highest BCUT2D eigenvalue weighted by atomic mass is 19.3. The Morgan fingerprint density at radius 1 is 1.00 bits per heavy atom. The number of carbonyl (C=O) groups excluding carboxylic acids is 1. The smallest absolute Gasteiger partial charge is 0.336 e. The summed E-state index contributed by atoms with van der Waals surface area (Å²) in [4.78, 5) is 12.2. The molecule has 0 heterocycles. The quantitative estimate of drug-likeness (QED) is 0.430. The minimum absolute atomic E-state index is 0.0268. The van der Waals surface area contributed by atoms with Crippen molar-refractivity contribution in [1.82, 2.24) is 0 Å². The van der Waals surface area contributed by atoms with Gasteiger partial charge >= 0.3 is 5.92 Å². The number of benzene rings is 1. The molecule has 0 amide bonds. The summed E-state index contributed by atoms with van der Waals surface area (Å²) in [7, 11) is 0. The fourth-order valence-electron chi connectivity index (χ4n) is 9.04. The van der Waals surface area contributed by atoms with Crippen molar-refractivity contribution in [2.75, 3.05) is 0 Å². The first kappa shape index (κ1) is 25.1. The first-order chi connectivity index (χ1) is 17.7. The van der Waals surface area contributed by atoms with Crippen molar-refractivity contribution >= 4 is 5.78 Å². The van der Waals surface area contributed by atoms with Crippen LogP contribution in [0.5, 0.6) is 0 Å². The molecule has 6 rings (SSSR count). The fourth-order valence-corrected chi connectivity index (χ4v) is 9.04. The number of allylic oxidation sites excluding steroid dienone is 4. The van der Waals surface area contributed by atoms with Gasteiger partial charge in [0.2, 0.25) is 0 Å². The lowest BCUT2D eigenvalue weighted by Gasteiger charge is -2.55. The van der Waals surface area contributed by atoms with Crippen LogP contribution < -0.4 is 0 Å². The van der Waals surface area contributed by atoms with Gasteiger partial charge in [-0.2, -0.15) is 8.78 Å². The van der Waals surface area contributed by atoms with Gasteiger partial charge in [0.05, 0.1) is 0 Å². The Morgan fingerprint density at radius 2 is 1.70 bits per heavy atom. The predicted octanol–water partition coefficient (Wildman–Crippen LogP) is 7.63. The molecule has 1 N–H and O–H groups in total. The van der Waals surface area contributed by atoms with E-state index < -0.39 is 16.9 Å². The summed E-state index contributed by atoms with van der Waals surface area (Å²) in [6.45, 7) is 1.87. The van der Waals surface area contributed by atoms with Crippen molar-refractivity contribution in [3.05, 3.63) is 58.2 Å². The molecule has 3 saturated carbocycles. The fraction of sp³-hybridized carbons (Fsp3) is 0.606. The Kier molecular flexibility index (Phi) is 6.03. The van der Waals surface area contributed by atoms with E-state index >= 15 is 8.78 Å². The number of alkyl halides is 2. The van der Waals surface area contributed by atoms with Crippen LogP contribution in [0.15, 0.2) is 47.1 Å². The Morgan fingerprint density at radius 3 is 2.41 bits per heavy atom. The van der Waals surface area contributed by atoms with Crippen LogP contribution in [0.1, 0.15) is 107 Å². The minimum Gasteiger partial charge on any atom is -0.382 e. The molecule has 5 aliphatic carbocycles. The van der Waals surface area contributed by atoms with Crippen LogP contribution in [0.4, 0.5) is 8.78 Å². The second-order valence-corrected chi connectivity index (χ2v) is 12.6. The number of ketones is 1. The third kappa shape index (κ3) is 3.71. The van der Waals surface area contributed by atoms with Gasteiger partial charge in [-0.15, -0.1) is 6.42 Å². The van der Waals surface area contributed by atoms with Gasteiger partial charge in [0.15, 0.2) is 5.78 Å². The standard InChI is InChI=1S/C33H38F2O2/c1-3-33(34,35)32(37)18-17-29-27-15-13-24-19-25(36)14-16-26(24)30(27)28(20-31(29,32)2)23-11-9-22(10-12-23)21-7-5-4-6-8-21/h1,9-12,19,21,27-29,37H,4-8,13-18,20H2,2H3/t27?,28?,29?,31-,32-/m0/s1. The van der Waals surface area contributed by atoms with E-state index in [9.17, 15) is 9.90 Å². The van der Waals surface area contributed by atoms with Crippen LogP contribution in [-0.4, -0.2) is 22.4 Å². The summed E-state index contributed by atoms with van der Waals surface area (Å²) in [5.74, 6) is -1.09. The molecule has 0 spiro atoms. The zero-order chi connectivity index (χ0) is 26.0. The molecule has 3 unspecified atom stereocenters. The number of fused-ring (bicyclic) bond motifs is 4. The van der Waals surface area contributed by atoms with Crippen molar-refractivity contribution in [1.29, 1.82) is 0 Å². The largest absolute Gasteiger partial charge is 0.382 e. The Labute approximate surface area is 219 Å². The van der Waals surface area contributed by atoms with Gasteiger partial charge in [0.25, 0.3) is 0 Å². The lowest BCUT2D eigenvalue weighted by atomic mass is 9.50. The molecule has 4 heteroatoms. The highest BCUT2D eigenvalue weighted by Crippen LogP contribution is 2.69. The normalized spacial score (nSPS) is 36.4. The van der Waals surface area contributed by atoms with Crippen LogP contribution in [-0.2, 0) is 4.79 Å². The molecule has 0 saturated heterocycles. The zero-order valence-electron chi connectivity index (χ0n) is 21.9. The van der Waals surface area contributed by atoms with Gasteiger partial charge in [-0.1, -0.05) is 56.0 Å². The third-order valence-corrected chi connectivity index (χ3v) is 11.0. The molecular weight excluding hydrogens is 466 g/mol. The maximum Gasteiger partial charge on any atom is 0.336 e. The molecular formula is C33H38F2O2. The number of hydrogen-bond acceptors (Lipinski definition) is 2. The van der Waals surface area contributed by atoms with Gasteiger partial charge in [-0.3, -0.25) is 4.79 Å². The van der Waals surface area contributed by atoms with Gasteiger partial charge in [0, 0.05) is 17.8 Å². The highest BCUT2D eigenvalue weighted by Gasteiger charge is 2.71. The van der Waals surface area contributed by atoms with E-state index in [1.54, 1.807) is 5.92 Å². The molecule has 2 nitrogen and oxygen atoms in total. The molecule has 0 bridgehead atoms. The first-order valence-electron chi connectivity index (χ1n) is 14.3. The Bertz CT molecular complexity index is 1200. The second-order valence-electron chi connectivity index (χ2n) is 12.6. The van der Waals surface area contributed by atoms with Crippen molar-refractivity contribution in [3.63, 3.8) is 0 Å². The second kappa shape index (κ2) is 8.91. The van der Waals surface area contributed by atoms with Crippen molar-refractivity contribution in [2.24, 2.45) is 17.3 Å². The summed E-state index contributed by atoms with van der Waals surface area (Å²) >= 11 is 0. The number of terminal acetylenes is 1. The number of carbonyl (C=O) groups is 1. The summed E-state index contributed by atoms with van der Waals surface area (Å²) in [6, 6.07) is 8.92. The Balaban J connectivity index is 1.46. The van der Waals surface area contributed by atoms with Crippen LogP contribution in [0.3, 0.4) is 0 Å². The van der Waals surface area contributed by atoms with E-state index in [0.29, 0.717) is 25.2 Å². The molecule has 3 fully saturated rings. The molecule has 0 radical (unpaired) electrons. The predicted molar refractivity (Wildman–Crippen MR) is 141 cm³/mol. The monoisotopic (exact) mass is 504 g/mol. The van der Waals surface area contributed by atoms with E-state index in [1.807, 2.05) is 13.0 Å². The number of hydrogen-bond donors (Lipinski definition) is 1. The van der Waals surface area contributed by atoms with Gasteiger partial charge < -0.3 is 5.11 Å². The lowest BCUT2D eigenvalue weighted by Crippen LogP contribution is -2.60. The molecule has 0 aliphatic heterocycles. The SMILES string of the molecule is C#CC(F)(F)[C@]1(O)CCC2C3CCC4=CC(=O)CCC4=C3C(c3ccc(C4CCCCC4)cc3)C[C@@]21C. The molecule has 0 aromatic heterocycles.